The summed E-state index contributed by atoms with van der Waals surface area (Å²) in [6, 6.07) is 38.4. The predicted molar refractivity (Wildman–Crippen MR) is 115 cm³/mol. The summed E-state index contributed by atoms with van der Waals surface area (Å²) in [6.07, 6.45) is 0. The molecule has 3 heteroatoms. The van der Waals surface area contributed by atoms with Gasteiger partial charge in [0, 0.05) is 17.1 Å². The Hall–Kier alpha value is -1.18. The minimum absolute atomic E-state index is 0. The average Bonchev–Trinajstić information content (AvgIpc) is 3.32. The zero-order valence-electron chi connectivity index (χ0n) is 13.6. The van der Waals surface area contributed by atoms with Crippen molar-refractivity contribution in [1.82, 2.24) is 0 Å². The zero-order chi connectivity index (χ0) is 16.6. The first-order chi connectivity index (χ1) is 11.8. The molecular formula is C22H18FeIP-6. The number of rotatable bonds is 3. The molecule has 0 aliphatic carbocycles. The van der Waals surface area contributed by atoms with E-state index in [1.165, 1.54) is 19.5 Å². The third-order valence-electron chi connectivity index (χ3n) is 3.55. The Bertz CT molecular complexity index is 770. The second-order valence-corrected chi connectivity index (χ2v) is 8.72. The van der Waals surface area contributed by atoms with Gasteiger partial charge in [-0.15, -0.1) is 22.6 Å². The molecule has 0 saturated heterocycles. The summed E-state index contributed by atoms with van der Waals surface area (Å²) < 4.78 is 1.31. The fraction of sp³-hybridized carbons (Fsp3) is 0. The van der Waals surface area contributed by atoms with Crippen LogP contribution < -0.4 is 15.9 Å². The van der Waals surface area contributed by atoms with Gasteiger partial charge in [0.25, 0.3) is 0 Å². The molecule has 25 heavy (non-hydrogen) atoms. The molecule has 0 unspecified atom stereocenters. The van der Waals surface area contributed by atoms with Crippen LogP contribution in [0.3, 0.4) is 0 Å². The first kappa shape index (κ1) is 20.1. The van der Waals surface area contributed by atoms with Crippen molar-refractivity contribution in [3.05, 3.63) is 113 Å². The molecule has 0 bridgehead atoms. The van der Waals surface area contributed by atoms with Crippen molar-refractivity contribution in [2.75, 3.05) is 0 Å². The third-order valence-corrected chi connectivity index (χ3v) is 6.72. The summed E-state index contributed by atoms with van der Waals surface area (Å²) in [5.41, 5.74) is 0. The second-order valence-electron chi connectivity index (χ2n) is 5.25. The van der Waals surface area contributed by atoms with Gasteiger partial charge < -0.3 is 29.6 Å². The molecule has 0 amide bonds. The molecule has 0 aliphatic rings. The van der Waals surface area contributed by atoms with Crippen LogP contribution in [-0.2, 0) is 17.1 Å². The third kappa shape index (κ3) is 5.94. The maximum Gasteiger partial charge on any atom is 0 e. The first-order valence-corrected chi connectivity index (χ1v) is 10.3. The molecule has 0 aliphatic heterocycles. The van der Waals surface area contributed by atoms with Crippen molar-refractivity contribution in [1.29, 1.82) is 0 Å². The van der Waals surface area contributed by atoms with Crippen molar-refractivity contribution < 1.29 is 17.1 Å². The van der Waals surface area contributed by atoms with Crippen LogP contribution in [0.2, 0.25) is 0 Å². The molecule has 0 atom stereocenters. The first-order valence-electron chi connectivity index (χ1n) is 7.84. The molecule has 0 saturated carbocycles. The van der Waals surface area contributed by atoms with Gasteiger partial charge in [-0.3, -0.25) is 0 Å². The molecule has 0 N–H and O–H groups in total. The summed E-state index contributed by atoms with van der Waals surface area (Å²) in [7, 11) is -0.409. The average molecular weight is 496 g/mol. The van der Waals surface area contributed by atoms with E-state index < -0.39 is 7.92 Å². The maximum atomic E-state index is 2.28. The van der Waals surface area contributed by atoms with Crippen LogP contribution in [0, 0.1) is 3.57 Å². The van der Waals surface area contributed by atoms with Gasteiger partial charge in [0.05, 0.1) is 0 Å². The minimum Gasteiger partial charge on any atom is -0.747 e. The summed E-state index contributed by atoms with van der Waals surface area (Å²) in [6.45, 7) is 0. The van der Waals surface area contributed by atoms with Crippen molar-refractivity contribution in [2.24, 2.45) is 0 Å². The van der Waals surface area contributed by atoms with Crippen molar-refractivity contribution in [3.63, 3.8) is 0 Å². The number of halogens is 1. The molecule has 0 radical (unpaired) electrons. The van der Waals surface area contributed by atoms with Crippen LogP contribution in [-0.4, -0.2) is 0 Å². The predicted octanol–water partition coefficient (Wildman–Crippen LogP) is 5.17. The summed E-state index contributed by atoms with van der Waals surface area (Å²) >= 11 is 2.28. The SMILES string of the molecule is I[c-]1cccc1.[Fe].c1ccc(P(c2ccccc2)[c-]2[cH-][cH-][cH-][cH-]2)cc1. The largest absolute Gasteiger partial charge is 0.747 e. The Morgan fingerprint density at radius 2 is 1.12 bits per heavy atom. The van der Waals surface area contributed by atoms with Crippen LogP contribution in [0.4, 0.5) is 0 Å². The fourth-order valence-electron chi connectivity index (χ4n) is 2.46. The van der Waals surface area contributed by atoms with Gasteiger partial charge in [-0.25, -0.2) is 20.1 Å². The molecule has 0 fully saturated rings. The molecule has 0 spiro atoms. The molecule has 0 heterocycles. The van der Waals surface area contributed by atoms with E-state index in [1.54, 1.807) is 0 Å². The topological polar surface area (TPSA) is 0 Å². The quantitative estimate of drug-likeness (QED) is 0.159. The second kappa shape index (κ2) is 10.7. The fourth-order valence-corrected chi connectivity index (χ4v) is 5.19. The smallest absolute Gasteiger partial charge is 0 e. The van der Waals surface area contributed by atoms with Crippen LogP contribution >= 0.6 is 30.5 Å². The van der Waals surface area contributed by atoms with Crippen molar-refractivity contribution in [2.45, 2.75) is 0 Å². The van der Waals surface area contributed by atoms with Gasteiger partial charge >= 0.3 is 0 Å². The number of hydrogen-bond donors (Lipinski definition) is 0. The molecule has 4 rings (SSSR count). The Balaban J connectivity index is 0.000000275. The standard InChI is InChI=1S/C17H14P.C5H4I.Fe/c1-3-9-15(10-4-1)18(17-13-7-8-14-17)16-11-5-2-6-12-16;6-5-3-1-2-4-5;/h1-14H;1-4H;/q-5;-1;. The van der Waals surface area contributed by atoms with Gasteiger partial charge in [0.15, 0.2) is 0 Å². The van der Waals surface area contributed by atoms with Crippen molar-refractivity contribution in [3.8, 4) is 0 Å². The molecule has 0 aromatic heterocycles. The normalized spacial score (nSPS) is 9.84. The number of benzene rings is 2. The van der Waals surface area contributed by atoms with E-state index in [0.717, 1.165) is 0 Å². The van der Waals surface area contributed by atoms with Crippen LogP contribution in [0.5, 0.6) is 0 Å². The Morgan fingerprint density at radius 3 is 1.48 bits per heavy atom. The maximum absolute atomic E-state index is 2.28. The Morgan fingerprint density at radius 1 is 0.680 bits per heavy atom. The van der Waals surface area contributed by atoms with Crippen LogP contribution in [0.25, 0.3) is 0 Å². The van der Waals surface area contributed by atoms with Crippen LogP contribution in [0.15, 0.2) is 109 Å². The molecule has 4 aromatic carbocycles. The van der Waals surface area contributed by atoms with E-state index in [0.29, 0.717) is 0 Å². The van der Waals surface area contributed by atoms with E-state index in [1.807, 2.05) is 12.1 Å². The monoisotopic (exact) mass is 496 g/mol. The van der Waals surface area contributed by atoms with E-state index in [9.17, 15) is 0 Å². The van der Waals surface area contributed by atoms with Gasteiger partial charge in [0.2, 0.25) is 0 Å². The van der Waals surface area contributed by atoms with Gasteiger partial charge in [-0.1, -0.05) is 74.8 Å². The summed E-state index contributed by atoms with van der Waals surface area (Å²) in [4.78, 5) is 0. The van der Waals surface area contributed by atoms with E-state index >= 15 is 0 Å². The summed E-state index contributed by atoms with van der Waals surface area (Å²) in [5, 5.41) is 4.23. The molecule has 0 nitrogen and oxygen atoms in total. The molecular weight excluding hydrogens is 478 g/mol. The number of hydrogen-bond acceptors (Lipinski definition) is 0. The summed E-state index contributed by atoms with van der Waals surface area (Å²) in [5.74, 6) is 0. The Labute approximate surface area is 175 Å². The molecule has 132 valence electrons. The van der Waals surface area contributed by atoms with Gasteiger partial charge in [-0.05, 0) is 0 Å². The minimum atomic E-state index is -0.409. The van der Waals surface area contributed by atoms with E-state index in [4.69, 9.17) is 0 Å². The van der Waals surface area contributed by atoms with Crippen molar-refractivity contribution >= 4 is 46.4 Å². The van der Waals surface area contributed by atoms with E-state index in [2.05, 4.69) is 120 Å². The Kier molecular flexibility index (Phi) is 8.64. The zero-order valence-corrected chi connectivity index (χ0v) is 17.7. The van der Waals surface area contributed by atoms with Gasteiger partial charge in [0.1, 0.15) is 0 Å². The van der Waals surface area contributed by atoms with Gasteiger partial charge in [-0.2, -0.15) is 12.1 Å². The van der Waals surface area contributed by atoms with Crippen LogP contribution in [0.1, 0.15) is 0 Å². The van der Waals surface area contributed by atoms with E-state index in [-0.39, 0.29) is 17.1 Å². The molecule has 4 aromatic rings.